The van der Waals surface area contributed by atoms with E-state index >= 15 is 0 Å². The molecule has 1 aromatic rings. The molecule has 0 saturated carbocycles. The minimum absolute atomic E-state index is 0.146. The molecule has 5 heteroatoms. The second-order valence-corrected chi connectivity index (χ2v) is 5.94. The Balaban J connectivity index is 0.000000196. The molecule has 0 N–H and O–H groups in total. The molecule has 4 rings (SSSR count). The second-order valence-electron chi connectivity index (χ2n) is 5.67. The fourth-order valence-electron chi connectivity index (χ4n) is 2.68. The smallest absolute Gasteiger partial charge is 0.219 e. The van der Waals surface area contributed by atoms with Gasteiger partial charge in [-0.2, -0.15) is 0 Å². The van der Waals surface area contributed by atoms with Crippen LogP contribution in [-0.4, -0.2) is 28.9 Å². The van der Waals surface area contributed by atoms with E-state index in [0.29, 0.717) is 11.8 Å². The maximum atomic E-state index is 11.2. The number of carbonyl (C=O) groups excluding carboxylic acids is 1. The lowest BCUT2D eigenvalue weighted by Gasteiger charge is -2.29. The number of carbonyl (C=O) groups is 1. The number of amides is 1. The summed E-state index contributed by atoms with van der Waals surface area (Å²) in [4.78, 5) is 17.3. The normalized spacial score (nSPS) is 16.0. The number of rotatable bonds is 2. The van der Waals surface area contributed by atoms with Crippen molar-refractivity contribution in [2.24, 2.45) is 0 Å². The Morgan fingerprint density at radius 3 is 2.23 bits per heavy atom. The molecule has 1 aromatic heterocycles. The van der Waals surface area contributed by atoms with Gasteiger partial charge in [0.2, 0.25) is 5.91 Å². The Labute approximate surface area is 135 Å². The number of halogens is 1. The van der Waals surface area contributed by atoms with Crippen LogP contribution in [0, 0.1) is 0 Å². The number of aromatic nitrogens is 1. The maximum Gasteiger partial charge on any atom is 0.219 e. The molecule has 1 saturated heterocycles. The lowest BCUT2D eigenvalue weighted by Crippen LogP contribution is -2.36. The molecule has 0 radical (unpaired) electrons. The summed E-state index contributed by atoms with van der Waals surface area (Å²) >= 11 is 5.67. The Kier molecular flexibility index (Phi) is 4.48. The summed E-state index contributed by atoms with van der Waals surface area (Å²) in [5, 5.41) is 0. The Morgan fingerprint density at radius 1 is 1.27 bits per heavy atom. The molecule has 0 atom stereocenters. The van der Waals surface area contributed by atoms with Crippen molar-refractivity contribution in [2.75, 3.05) is 13.1 Å². The van der Waals surface area contributed by atoms with Crippen LogP contribution in [0.25, 0.3) is 11.1 Å². The van der Waals surface area contributed by atoms with Gasteiger partial charge < -0.3 is 9.32 Å². The highest BCUT2D eigenvalue weighted by atomic mass is 35.5. The quantitative estimate of drug-likeness (QED) is 0.675. The Bertz CT molecular complexity index is 622. The van der Waals surface area contributed by atoms with Gasteiger partial charge in [-0.25, -0.2) is 4.98 Å². The Hall–Kier alpha value is -1.81. The van der Waals surface area contributed by atoms with Gasteiger partial charge in [-0.1, -0.05) is 24.3 Å². The van der Waals surface area contributed by atoms with E-state index in [0.717, 1.165) is 37.5 Å². The average Bonchev–Trinajstić information content (AvgIpc) is 3.00. The minimum atomic E-state index is 0.146. The number of benzene rings is 1. The number of likely N-dealkylation sites (tertiary alicyclic amines) is 1. The number of nitrogens with zero attached hydrogens (tertiary/aromatic N) is 2. The average molecular weight is 319 g/mol. The van der Waals surface area contributed by atoms with Crippen LogP contribution in [0.4, 0.5) is 0 Å². The van der Waals surface area contributed by atoms with Gasteiger partial charge in [-0.05, 0) is 24.0 Å². The van der Waals surface area contributed by atoms with Crippen LogP contribution in [-0.2, 0) is 10.7 Å². The maximum absolute atomic E-state index is 11.2. The molecule has 0 spiro atoms. The van der Waals surface area contributed by atoms with Gasteiger partial charge in [0.25, 0.3) is 0 Å². The van der Waals surface area contributed by atoms with Gasteiger partial charge in [-0.3, -0.25) is 4.79 Å². The van der Waals surface area contributed by atoms with Crippen molar-refractivity contribution in [3.8, 4) is 11.1 Å². The van der Waals surface area contributed by atoms with Crippen LogP contribution in [0.3, 0.4) is 0 Å². The molecule has 116 valence electrons. The van der Waals surface area contributed by atoms with Crippen LogP contribution < -0.4 is 0 Å². The molecule has 1 amide bonds. The highest BCUT2D eigenvalue weighted by molar-refractivity contribution is 6.16. The first-order valence-electron chi connectivity index (χ1n) is 7.53. The SMILES string of the molecule is CC(=O)N1CCC(c2nc(CCl)co2)CC1.c1cc2ccc1-2. The largest absolute Gasteiger partial charge is 0.448 e. The van der Waals surface area contributed by atoms with Crippen LogP contribution in [0.15, 0.2) is 34.9 Å². The molecular formula is C17H19ClN2O2. The lowest BCUT2D eigenvalue weighted by molar-refractivity contribution is -0.129. The molecule has 1 fully saturated rings. The number of piperidine rings is 1. The van der Waals surface area contributed by atoms with Gasteiger partial charge in [0, 0.05) is 25.9 Å². The van der Waals surface area contributed by atoms with Crippen molar-refractivity contribution in [1.29, 1.82) is 0 Å². The highest BCUT2D eigenvalue weighted by Crippen LogP contribution is 2.29. The molecule has 0 bridgehead atoms. The molecule has 0 unspecified atom stereocenters. The van der Waals surface area contributed by atoms with Gasteiger partial charge in [0.05, 0.1) is 11.6 Å². The van der Waals surface area contributed by atoms with Gasteiger partial charge in [-0.15, -0.1) is 11.6 Å². The van der Waals surface area contributed by atoms with E-state index in [1.807, 2.05) is 4.90 Å². The zero-order valence-electron chi connectivity index (χ0n) is 12.6. The Morgan fingerprint density at radius 2 is 1.86 bits per heavy atom. The molecule has 4 nitrogen and oxygen atoms in total. The zero-order chi connectivity index (χ0) is 15.5. The zero-order valence-corrected chi connectivity index (χ0v) is 13.3. The number of oxazole rings is 1. The predicted octanol–water partition coefficient (Wildman–Crippen LogP) is 3.81. The van der Waals surface area contributed by atoms with E-state index in [9.17, 15) is 4.79 Å². The molecule has 0 aromatic carbocycles. The van der Waals surface area contributed by atoms with Crippen molar-refractivity contribution in [1.82, 2.24) is 9.88 Å². The third-order valence-corrected chi connectivity index (χ3v) is 4.49. The first-order chi connectivity index (χ1) is 10.7. The monoisotopic (exact) mass is 318 g/mol. The first-order valence-corrected chi connectivity index (χ1v) is 8.07. The minimum Gasteiger partial charge on any atom is -0.448 e. The van der Waals surface area contributed by atoms with Crippen molar-refractivity contribution >= 4 is 17.5 Å². The third kappa shape index (κ3) is 3.17. The second kappa shape index (κ2) is 6.53. The van der Waals surface area contributed by atoms with E-state index in [1.165, 1.54) is 11.1 Å². The summed E-state index contributed by atoms with van der Waals surface area (Å²) in [5.74, 6) is 1.62. The first kappa shape index (κ1) is 15.1. The van der Waals surface area contributed by atoms with Crippen LogP contribution in [0.5, 0.6) is 0 Å². The number of hydrogen-bond donors (Lipinski definition) is 0. The van der Waals surface area contributed by atoms with Crippen molar-refractivity contribution in [3.05, 3.63) is 42.1 Å². The summed E-state index contributed by atoms with van der Waals surface area (Å²) < 4.78 is 5.39. The van der Waals surface area contributed by atoms with E-state index in [-0.39, 0.29) is 5.91 Å². The van der Waals surface area contributed by atoms with E-state index in [4.69, 9.17) is 16.0 Å². The van der Waals surface area contributed by atoms with E-state index in [1.54, 1.807) is 13.2 Å². The van der Waals surface area contributed by atoms with Crippen molar-refractivity contribution in [3.63, 3.8) is 0 Å². The van der Waals surface area contributed by atoms with Gasteiger partial charge in [0.15, 0.2) is 5.89 Å². The van der Waals surface area contributed by atoms with Crippen molar-refractivity contribution < 1.29 is 9.21 Å². The summed E-state index contributed by atoms with van der Waals surface area (Å²) in [7, 11) is 0. The molecule has 3 aliphatic rings. The van der Waals surface area contributed by atoms with Crippen molar-refractivity contribution in [2.45, 2.75) is 31.6 Å². The molecular weight excluding hydrogens is 300 g/mol. The highest BCUT2D eigenvalue weighted by Gasteiger charge is 2.25. The number of fused-ring (bicyclic) bond motifs is 1. The molecule has 2 heterocycles. The van der Waals surface area contributed by atoms with Crippen LogP contribution in [0.1, 0.15) is 37.3 Å². The fourth-order valence-corrected chi connectivity index (χ4v) is 2.80. The summed E-state index contributed by atoms with van der Waals surface area (Å²) in [6.07, 6.45) is 3.45. The summed E-state index contributed by atoms with van der Waals surface area (Å²) in [6, 6.07) is 8.48. The van der Waals surface area contributed by atoms with Crippen LogP contribution >= 0.6 is 11.6 Å². The number of alkyl halides is 1. The third-order valence-electron chi connectivity index (χ3n) is 4.21. The lowest BCUT2D eigenvalue weighted by atomic mass is 9.95. The summed E-state index contributed by atoms with van der Waals surface area (Å²) in [5.41, 5.74) is 3.63. The molecule has 22 heavy (non-hydrogen) atoms. The van der Waals surface area contributed by atoms with E-state index < -0.39 is 0 Å². The van der Waals surface area contributed by atoms with Crippen LogP contribution in [0.2, 0.25) is 0 Å². The molecule has 2 aliphatic carbocycles. The number of hydrogen-bond acceptors (Lipinski definition) is 3. The summed E-state index contributed by atoms with van der Waals surface area (Å²) in [6.45, 7) is 3.19. The van der Waals surface area contributed by atoms with E-state index in [2.05, 4.69) is 29.2 Å². The fraction of sp³-hybridized carbons (Fsp3) is 0.412. The molecule has 1 aliphatic heterocycles. The van der Waals surface area contributed by atoms with Gasteiger partial charge >= 0.3 is 0 Å². The van der Waals surface area contributed by atoms with Gasteiger partial charge in [0.1, 0.15) is 6.26 Å². The standard InChI is InChI=1S/C11H15ClN2O2.C6H4/c1-8(15)14-4-2-9(3-5-14)11-13-10(6-12)7-16-11;1-2-6-4-3-5(1)6/h7,9H,2-6H2,1H3;1-4H. The predicted molar refractivity (Wildman–Crippen MR) is 85.7 cm³/mol. The topological polar surface area (TPSA) is 46.3 Å².